The van der Waals surface area contributed by atoms with Gasteiger partial charge in [0.1, 0.15) is 0 Å². The summed E-state index contributed by atoms with van der Waals surface area (Å²) in [5.41, 5.74) is 2.67. The second-order valence-corrected chi connectivity index (χ2v) is 6.58. The summed E-state index contributed by atoms with van der Waals surface area (Å²) < 4.78 is 1.14. The number of halogens is 1. The van der Waals surface area contributed by atoms with Gasteiger partial charge in [-0.2, -0.15) is 0 Å². The van der Waals surface area contributed by atoms with E-state index < -0.39 is 0 Å². The summed E-state index contributed by atoms with van der Waals surface area (Å²) in [6, 6.07) is 9.12. The van der Waals surface area contributed by atoms with Crippen LogP contribution >= 0.6 is 15.9 Å². The lowest BCUT2D eigenvalue weighted by Crippen LogP contribution is -3.13. The van der Waals surface area contributed by atoms with E-state index >= 15 is 0 Å². The van der Waals surface area contributed by atoms with Gasteiger partial charge in [-0.3, -0.25) is 0 Å². The first-order chi connectivity index (χ1) is 9.13. The van der Waals surface area contributed by atoms with Gasteiger partial charge in [0.2, 0.25) is 0 Å². The molecule has 104 valence electrons. The van der Waals surface area contributed by atoms with Crippen LogP contribution in [0.25, 0.3) is 0 Å². The lowest BCUT2D eigenvalue weighted by molar-refractivity contribution is -0.899. The van der Waals surface area contributed by atoms with Gasteiger partial charge in [0.25, 0.3) is 0 Å². The number of benzene rings is 1. The molecule has 0 spiro atoms. The van der Waals surface area contributed by atoms with Crippen molar-refractivity contribution >= 4 is 21.6 Å². The second kappa shape index (κ2) is 7.11. The molecule has 0 unspecified atom stereocenters. The van der Waals surface area contributed by atoms with E-state index in [9.17, 15) is 0 Å². The lowest BCUT2D eigenvalue weighted by atomic mass is 10.0. The highest BCUT2D eigenvalue weighted by molar-refractivity contribution is 9.10. The Morgan fingerprint density at radius 3 is 2.47 bits per heavy atom. The number of hydrogen-bond donors (Lipinski definition) is 2. The minimum Gasteiger partial charge on any atom is -0.382 e. The quantitative estimate of drug-likeness (QED) is 0.814. The molecular formula is C16H24BrN2+. The molecule has 1 aliphatic heterocycles. The fraction of sp³-hybridized carbons (Fsp3) is 0.500. The molecule has 1 heterocycles. The lowest BCUT2D eigenvalue weighted by Gasteiger charge is -2.29. The highest BCUT2D eigenvalue weighted by atomic mass is 79.9. The van der Waals surface area contributed by atoms with Gasteiger partial charge >= 0.3 is 0 Å². The normalized spacial score (nSPS) is 22.9. The minimum atomic E-state index is 0.636. The van der Waals surface area contributed by atoms with Crippen molar-refractivity contribution in [1.82, 2.24) is 0 Å². The molecule has 2 nitrogen and oxygen atoms in total. The molecule has 3 heteroatoms. The molecule has 1 aliphatic rings. The zero-order valence-electron chi connectivity index (χ0n) is 11.9. The van der Waals surface area contributed by atoms with Crippen LogP contribution in [0.1, 0.15) is 26.7 Å². The predicted octanol–water partition coefficient (Wildman–Crippen LogP) is 2.87. The maximum atomic E-state index is 3.64. The minimum absolute atomic E-state index is 0.636. The van der Waals surface area contributed by atoms with Crippen LogP contribution in [0, 0.1) is 0 Å². The Bertz CT molecular complexity index is 413. The average molecular weight is 324 g/mol. The summed E-state index contributed by atoms with van der Waals surface area (Å²) in [7, 11) is 0. The molecular weight excluding hydrogens is 300 g/mol. The van der Waals surface area contributed by atoms with E-state index in [2.05, 4.69) is 65.4 Å². The molecule has 1 fully saturated rings. The molecule has 2 rings (SSSR count). The van der Waals surface area contributed by atoms with Crippen LogP contribution in [0.5, 0.6) is 0 Å². The average Bonchev–Trinajstić information content (AvgIpc) is 2.40. The Hall–Kier alpha value is -0.800. The van der Waals surface area contributed by atoms with Crippen LogP contribution in [0.4, 0.5) is 5.69 Å². The number of nitrogens with one attached hydrogen (secondary N) is 2. The monoisotopic (exact) mass is 323 g/mol. The molecule has 0 amide bonds. The van der Waals surface area contributed by atoms with Gasteiger partial charge in [0.05, 0.1) is 19.6 Å². The molecule has 1 aromatic carbocycles. The van der Waals surface area contributed by atoms with Crippen molar-refractivity contribution in [2.45, 2.75) is 32.7 Å². The predicted molar refractivity (Wildman–Crippen MR) is 85.8 cm³/mol. The number of quaternary nitrogens is 1. The standard InChI is InChI=1S/C16H23BrN2/c1-13(2)7-10-19-11-8-16(9-12-19)18-15-5-3-14(17)4-6-15/h3-7,16,18H,8-12H2,1-2H3/p+1. The summed E-state index contributed by atoms with van der Waals surface area (Å²) >= 11 is 3.47. The fourth-order valence-electron chi connectivity index (χ4n) is 2.50. The van der Waals surface area contributed by atoms with Gasteiger partial charge < -0.3 is 10.2 Å². The molecule has 0 radical (unpaired) electrons. The Labute approximate surface area is 125 Å². The third-order valence-electron chi connectivity index (χ3n) is 3.71. The van der Waals surface area contributed by atoms with E-state index in [1.807, 2.05) is 0 Å². The van der Waals surface area contributed by atoms with E-state index in [1.54, 1.807) is 4.90 Å². The Morgan fingerprint density at radius 2 is 1.89 bits per heavy atom. The first kappa shape index (κ1) is 14.6. The van der Waals surface area contributed by atoms with Crippen molar-refractivity contribution in [3.63, 3.8) is 0 Å². The van der Waals surface area contributed by atoms with E-state index in [4.69, 9.17) is 0 Å². The van der Waals surface area contributed by atoms with Crippen molar-refractivity contribution in [1.29, 1.82) is 0 Å². The van der Waals surface area contributed by atoms with Crippen LogP contribution < -0.4 is 10.2 Å². The topological polar surface area (TPSA) is 16.5 Å². The van der Waals surface area contributed by atoms with Crippen LogP contribution in [0.2, 0.25) is 0 Å². The largest absolute Gasteiger partial charge is 0.382 e. The number of allylic oxidation sites excluding steroid dienone is 1. The van der Waals surface area contributed by atoms with Crippen molar-refractivity contribution < 1.29 is 4.90 Å². The van der Waals surface area contributed by atoms with Gasteiger partial charge in [-0.1, -0.05) is 21.5 Å². The highest BCUT2D eigenvalue weighted by Gasteiger charge is 2.20. The molecule has 1 aromatic rings. The van der Waals surface area contributed by atoms with Crippen LogP contribution in [-0.2, 0) is 0 Å². The van der Waals surface area contributed by atoms with Gasteiger partial charge in [0, 0.05) is 29.0 Å². The van der Waals surface area contributed by atoms with Crippen molar-refractivity contribution in [2.24, 2.45) is 0 Å². The third kappa shape index (κ3) is 5.00. The second-order valence-electron chi connectivity index (χ2n) is 5.66. The number of likely N-dealkylation sites (tertiary alicyclic amines) is 1. The third-order valence-corrected chi connectivity index (χ3v) is 4.24. The summed E-state index contributed by atoms with van der Waals surface area (Å²) in [4.78, 5) is 1.72. The zero-order chi connectivity index (χ0) is 13.7. The van der Waals surface area contributed by atoms with Crippen molar-refractivity contribution in [3.05, 3.63) is 40.4 Å². The maximum absolute atomic E-state index is 3.64. The molecule has 0 aromatic heterocycles. The number of hydrogen-bond acceptors (Lipinski definition) is 1. The highest BCUT2D eigenvalue weighted by Crippen LogP contribution is 2.16. The van der Waals surface area contributed by atoms with Crippen LogP contribution in [0.3, 0.4) is 0 Å². The van der Waals surface area contributed by atoms with Crippen LogP contribution in [0.15, 0.2) is 40.4 Å². The summed E-state index contributed by atoms with van der Waals surface area (Å²) in [5.74, 6) is 0. The molecule has 0 atom stereocenters. The van der Waals surface area contributed by atoms with Crippen molar-refractivity contribution in [3.8, 4) is 0 Å². The Balaban J connectivity index is 1.77. The first-order valence-corrected chi connectivity index (χ1v) is 7.92. The van der Waals surface area contributed by atoms with Crippen LogP contribution in [-0.4, -0.2) is 25.7 Å². The number of anilines is 1. The van der Waals surface area contributed by atoms with Gasteiger partial charge in [-0.25, -0.2) is 0 Å². The molecule has 0 bridgehead atoms. The number of rotatable bonds is 4. The Morgan fingerprint density at radius 1 is 1.26 bits per heavy atom. The van der Waals surface area contributed by atoms with E-state index in [1.165, 1.54) is 43.7 Å². The SMILES string of the molecule is CC(C)=CC[NH+]1CCC(Nc2ccc(Br)cc2)CC1. The smallest absolute Gasteiger partial charge is 0.0960 e. The van der Waals surface area contributed by atoms with E-state index in [0.29, 0.717) is 6.04 Å². The van der Waals surface area contributed by atoms with E-state index in [-0.39, 0.29) is 0 Å². The van der Waals surface area contributed by atoms with E-state index in [0.717, 1.165) is 4.47 Å². The molecule has 19 heavy (non-hydrogen) atoms. The summed E-state index contributed by atoms with van der Waals surface area (Å²) in [6.07, 6.45) is 4.89. The van der Waals surface area contributed by atoms with Gasteiger partial charge in [-0.05, 0) is 44.2 Å². The van der Waals surface area contributed by atoms with Gasteiger partial charge in [-0.15, -0.1) is 0 Å². The molecule has 2 N–H and O–H groups in total. The fourth-order valence-corrected chi connectivity index (χ4v) is 2.77. The first-order valence-electron chi connectivity index (χ1n) is 7.12. The maximum Gasteiger partial charge on any atom is 0.0960 e. The van der Waals surface area contributed by atoms with Gasteiger partial charge in [0.15, 0.2) is 0 Å². The summed E-state index contributed by atoms with van der Waals surface area (Å²) in [6.45, 7) is 8.10. The van der Waals surface area contributed by atoms with Crippen molar-refractivity contribution in [2.75, 3.05) is 25.0 Å². The molecule has 0 aliphatic carbocycles. The Kier molecular flexibility index (Phi) is 5.46. The summed E-state index contributed by atoms with van der Waals surface area (Å²) in [5, 5.41) is 3.64. The molecule has 1 saturated heterocycles. The molecule has 0 saturated carbocycles. The number of piperidine rings is 1. The zero-order valence-corrected chi connectivity index (χ0v) is 13.5.